The van der Waals surface area contributed by atoms with Crippen molar-refractivity contribution in [3.05, 3.63) is 65.9 Å². The monoisotopic (exact) mass is 489 g/mol. The highest BCUT2D eigenvalue weighted by Crippen LogP contribution is 2.31. The number of carbonyl (C=O) groups is 2. The molecule has 8 nitrogen and oxygen atoms in total. The van der Waals surface area contributed by atoms with E-state index in [0.29, 0.717) is 25.7 Å². The van der Waals surface area contributed by atoms with Crippen molar-refractivity contribution in [2.24, 2.45) is 0 Å². The van der Waals surface area contributed by atoms with Crippen molar-refractivity contribution < 1.29 is 14.3 Å². The number of hydrogen-bond acceptors (Lipinski definition) is 5. The maximum absolute atomic E-state index is 12.9. The number of ether oxygens (including phenoxy) is 1. The summed E-state index contributed by atoms with van der Waals surface area (Å²) >= 11 is 0. The van der Waals surface area contributed by atoms with E-state index in [2.05, 4.69) is 49.7 Å². The van der Waals surface area contributed by atoms with Crippen molar-refractivity contribution >= 4 is 22.7 Å². The molecular weight excluding hydrogens is 454 g/mol. The van der Waals surface area contributed by atoms with Gasteiger partial charge in [0.1, 0.15) is 5.75 Å². The normalized spacial score (nSPS) is 17.6. The van der Waals surface area contributed by atoms with E-state index in [1.165, 1.54) is 0 Å². The van der Waals surface area contributed by atoms with Crippen LogP contribution < -0.4 is 15.4 Å². The third kappa shape index (κ3) is 6.06. The fraction of sp³-hybridized carbons (Fsp3) is 0.429. The predicted molar refractivity (Wildman–Crippen MR) is 140 cm³/mol. The average Bonchev–Trinajstić information content (AvgIpc) is 3.61. The number of fused-ring (bicyclic) bond motifs is 1. The minimum atomic E-state index is 0.0119. The summed E-state index contributed by atoms with van der Waals surface area (Å²) in [4.78, 5) is 32.7. The van der Waals surface area contributed by atoms with Gasteiger partial charge in [-0.1, -0.05) is 30.3 Å². The number of benzene rings is 2. The summed E-state index contributed by atoms with van der Waals surface area (Å²) in [7, 11) is 1.66. The molecule has 3 aromatic rings. The fourth-order valence-electron chi connectivity index (χ4n) is 4.91. The molecule has 0 bridgehead atoms. The molecule has 190 valence electrons. The molecule has 2 heterocycles. The Kier molecular flexibility index (Phi) is 7.53. The Morgan fingerprint density at radius 1 is 0.972 bits per heavy atom. The smallest absolute Gasteiger partial charge is 0.234 e. The largest absolute Gasteiger partial charge is 0.497 e. The first-order chi connectivity index (χ1) is 17.6. The van der Waals surface area contributed by atoms with E-state index < -0.39 is 0 Å². The van der Waals surface area contributed by atoms with Gasteiger partial charge in [0, 0.05) is 61.8 Å². The highest BCUT2D eigenvalue weighted by atomic mass is 16.5. The third-order valence-corrected chi connectivity index (χ3v) is 7.16. The molecule has 2 fully saturated rings. The van der Waals surface area contributed by atoms with Crippen molar-refractivity contribution in [3.8, 4) is 5.75 Å². The quantitative estimate of drug-likeness (QED) is 0.407. The van der Waals surface area contributed by atoms with E-state index >= 15 is 0 Å². The first-order valence-electron chi connectivity index (χ1n) is 12.8. The van der Waals surface area contributed by atoms with Crippen LogP contribution in [0.25, 0.3) is 10.9 Å². The molecule has 8 heteroatoms. The molecule has 36 heavy (non-hydrogen) atoms. The number of nitrogens with zero attached hydrogens (tertiary/aromatic N) is 2. The van der Waals surface area contributed by atoms with E-state index in [1.54, 1.807) is 7.11 Å². The number of piperazine rings is 1. The zero-order valence-corrected chi connectivity index (χ0v) is 20.8. The van der Waals surface area contributed by atoms with Gasteiger partial charge in [0.2, 0.25) is 11.8 Å². The second-order valence-corrected chi connectivity index (χ2v) is 9.81. The van der Waals surface area contributed by atoms with Crippen LogP contribution in [0.1, 0.15) is 29.9 Å². The Balaban J connectivity index is 1.17. The molecule has 2 amide bonds. The lowest BCUT2D eigenvalue weighted by Crippen LogP contribution is -2.51. The van der Waals surface area contributed by atoms with Crippen LogP contribution in [-0.4, -0.2) is 85.6 Å². The van der Waals surface area contributed by atoms with Gasteiger partial charge in [0.15, 0.2) is 0 Å². The molecule has 5 rings (SSSR count). The van der Waals surface area contributed by atoms with Gasteiger partial charge >= 0.3 is 0 Å². The first kappa shape index (κ1) is 24.3. The Labute approximate surface area is 212 Å². The van der Waals surface area contributed by atoms with E-state index in [1.807, 2.05) is 30.5 Å². The van der Waals surface area contributed by atoms with Gasteiger partial charge in [-0.05, 0) is 42.2 Å². The number of nitrogens with one attached hydrogen (secondary N) is 3. The minimum absolute atomic E-state index is 0.0119. The Morgan fingerprint density at radius 3 is 2.31 bits per heavy atom. The third-order valence-electron chi connectivity index (χ3n) is 7.16. The van der Waals surface area contributed by atoms with Gasteiger partial charge in [-0.2, -0.15) is 0 Å². The predicted octanol–water partition coefficient (Wildman–Crippen LogP) is 2.32. The molecule has 2 aliphatic rings. The van der Waals surface area contributed by atoms with E-state index in [0.717, 1.165) is 66.8 Å². The highest BCUT2D eigenvalue weighted by molar-refractivity contribution is 5.84. The number of rotatable bonds is 10. The number of carbonyl (C=O) groups excluding carboxylic acids is 2. The molecule has 0 spiro atoms. The lowest BCUT2D eigenvalue weighted by atomic mass is 9.90. The van der Waals surface area contributed by atoms with Crippen molar-refractivity contribution in [1.29, 1.82) is 0 Å². The van der Waals surface area contributed by atoms with Crippen LogP contribution in [0, 0.1) is 0 Å². The average molecular weight is 490 g/mol. The summed E-state index contributed by atoms with van der Waals surface area (Å²) in [6, 6.07) is 16.7. The molecule has 1 atom stereocenters. The minimum Gasteiger partial charge on any atom is -0.497 e. The molecule has 1 saturated carbocycles. The number of aromatic amines is 1. The summed E-state index contributed by atoms with van der Waals surface area (Å²) in [5.74, 6) is 0.960. The highest BCUT2D eigenvalue weighted by Gasteiger charge is 2.26. The zero-order chi connectivity index (χ0) is 24.9. The van der Waals surface area contributed by atoms with E-state index in [4.69, 9.17) is 4.74 Å². The number of para-hydroxylation sites is 1. The number of amides is 2. The van der Waals surface area contributed by atoms with Crippen molar-refractivity contribution in [2.75, 3.05) is 52.9 Å². The maximum Gasteiger partial charge on any atom is 0.234 e. The number of hydrogen-bond donors (Lipinski definition) is 3. The summed E-state index contributed by atoms with van der Waals surface area (Å²) in [6.45, 7) is 4.50. The van der Waals surface area contributed by atoms with Gasteiger partial charge in [-0.25, -0.2) is 0 Å². The van der Waals surface area contributed by atoms with Crippen molar-refractivity contribution in [1.82, 2.24) is 25.4 Å². The standard InChI is InChI=1S/C28H35N5O3/c1-36-22-10-6-20(7-11-22)24(25-17-29-26-5-3-2-4-23(25)26)16-30-27(34)18-32-12-14-33(15-13-32)19-28(35)31-21-8-9-21/h2-7,10-11,17,21,24,29H,8-9,12-16,18-19H2,1H3,(H,30,34)(H,31,35). The van der Waals surface area contributed by atoms with Crippen LogP contribution in [0.2, 0.25) is 0 Å². The molecule has 0 radical (unpaired) electrons. The Hall–Kier alpha value is -3.36. The van der Waals surface area contributed by atoms with Gasteiger partial charge < -0.3 is 20.4 Å². The van der Waals surface area contributed by atoms with Crippen molar-refractivity contribution in [2.45, 2.75) is 24.8 Å². The topological polar surface area (TPSA) is 89.7 Å². The first-order valence-corrected chi connectivity index (χ1v) is 12.8. The number of aromatic nitrogens is 1. The second-order valence-electron chi connectivity index (χ2n) is 9.81. The Morgan fingerprint density at radius 2 is 1.64 bits per heavy atom. The van der Waals surface area contributed by atoms with Crippen LogP contribution in [-0.2, 0) is 9.59 Å². The second kappa shape index (κ2) is 11.1. The summed E-state index contributed by atoms with van der Waals surface area (Å²) in [5, 5.41) is 7.39. The van der Waals surface area contributed by atoms with Crippen LogP contribution >= 0.6 is 0 Å². The van der Waals surface area contributed by atoms with Gasteiger partial charge in [0.05, 0.1) is 20.2 Å². The molecule has 2 aromatic carbocycles. The lowest BCUT2D eigenvalue weighted by Gasteiger charge is -2.33. The summed E-state index contributed by atoms with van der Waals surface area (Å²) in [6.07, 6.45) is 4.26. The van der Waals surface area contributed by atoms with Crippen LogP contribution in [0.4, 0.5) is 0 Å². The molecule has 1 aliphatic carbocycles. The zero-order valence-electron chi connectivity index (χ0n) is 20.8. The van der Waals surface area contributed by atoms with Gasteiger partial charge in [-0.3, -0.25) is 19.4 Å². The summed E-state index contributed by atoms with van der Waals surface area (Å²) in [5.41, 5.74) is 3.37. The maximum atomic E-state index is 12.9. The molecule has 1 aliphatic heterocycles. The molecule has 1 saturated heterocycles. The molecule has 3 N–H and O–H groups in total. The number of H-pyrrole nitrogens is 1. The molecule has 1 aromatic heterocycles. The van der Waals surface area contributed by atoms with Crippen LogP contribution in [0.3, 0.4) is 0 Å². The van der Waals surface area contributed by atoms with Gasteiger partial charge in [-0.15, -0.1) is 0 Å². The summed E-state index contributed by atoms with van der Waals surface area (Å²) < 4.78 is 5.33. The fourth-order valence-corrected chi connectivity index (χ4v) is 4.91. The van der Waals surface area contributed by atoms with Crippen LogP contribution in [0.5, 0.6) is 5.75 Å². The van der Waals surface area contributed by atoms with E-state index in [-0.39, 0.29) is 17.7 Å². The molecular formula is C28H35N5O3. The van der Waals surface area contributed by atoms with Gasteiger partial charge in [0.25, 0.3) is 0 Å². The molecule has 1 unspecified atom stereocenters. The SMILES string of the molecule is COc1ccc(C(CNC(=O)CN2CCN(CC(=O)NC3CC3)CC2)c2c[nH]c3ccccc23)cc1. The number of methoxy groups -OCH3 is 1. The Bertz CT molecular complexity index is 1180. The van der Waals surface area contributed by atoms with E-state index in [9.17, 15) is 9.59 Å². The lowest BCUT2D eigenvalue weighted by molar-refractivity contribution is -0.125. The van der Waals surface area contributed by atoms with Crippen LogP contribution in [0.15, 0.2) is 54.7 Å². The van der Waals surface area contributed by atoms with Crippen molar-refractivity contribution in [3.63, 3.8) is 0 Å².